The second-order valence-corrected chi connectivity index (χ2v) is 5.55. The van der Waals surface area contributed by atoms with Crippen molar-refractivity contribution in [2.24, 2.45) is 0 Å². The summed E-state index contributed by atoms with van der Waals surface area (Å²) in [4.78, 5) is 0. The minimum Gasteiger partial charge on any atom is -0.457 e. The molecule has 0 fully saturated rings. The first-order chi connectivity index (χ1) is 9.58. The Kier molecular flexibility index (Phi) is 5.55. The summed E-state index contributed by atoms with van der Waals surface area (Å²) in [5.74, 6) is 1.33. The predicted molar refractivity (Wildman–Crippen MR) is 85.4 cm³/mol. The lowest BCUT2D eigenvalue weighted by molar-refractivity contribution is 0.473. The summed E-state index contributed by atoms with van der Waals surface area (Å²) < 4.78 is 5.86. The van der Waals surface area contributed by atoms with E-state index < -0.39 is 0 Å². The van der Waals surface area contributed by atoms with Gasteiger partial charge in [0.15, 0.2) is 0 Å². The lowest BCUT2D eigenvalue weighted by atomic mass is 10.2. The van der Waals surface area contributed by atoms with Gasteiger partial charge in [-0.15, -0.1) is 0 Å². The van der Waals surface area contributed by atoms with Gasteiger partial charge < -0.3 is 10.1 Å². The molecule has 0 aliphatic heterocycles. The normalized spacial score (nSPS) is 10.6. The highest BCUT2D eigenvalue weighted by Crippen LogP contribution is 2.31. The maximum Gasteiger partial charge on any atom is 0.132 e. The summed E-state index contributed by atoms with van der Waals surface area (Å²) in [5, 5.41) is 5.00. The highest BCUT2D eigenvalue weighted by Gasteiger charge is 2.07. The molecule has 0 unspecified atom stereocenters. The number of hydrogen-bond donors (Lipinski definition) is 1. The van der Waals surface area contributed by atoms with Crippen LogP contribution in [0, 0.1) is 0 Å². The van der Waals surface area contributed by atoms with Crippen LogP contribution in [-0.4, -0.2) is 6.54 Å². The number of ether oxygens (including phenoxy) is 1. The standard InChI is InChI=1S/C15H14Cl3NO/c1-2-19-9-10-5-11(16)3-4-15(10)20-14-7-12(17)6-13(18)8-14/h3-8,19H,2,9H2,1H3. The second-order valence-electron chi connectivity index (χ2n) is 4.24. The summed E-state index contributed by atoms with van der Waals surface area (Å²) in [5.41, 5.74) is 0.982. The van der Waals surface area contributed by atoms with Crippen LogP contribution in [0.25, 0.3) is 0 Å². The quantitative estimate of drug-likeness (QED) is 0.776. The predicted octanol–water partition coefficient (Wildman–Crippen LogP) is 5.55. The van der Waals surface area contributed by atoms with Crippen molar-refractivity contribution < 1.29 is 4.74 Å². The Morgan fingerprint density at radius 1 is 0.950 bits per heavy atom. The van der Waals surface area contributed by atoms with Crippen LogP contribution in [0.15, 0.2) is 36.4 Å². The number of rotatable bonds is 5. The van der Waals surface area contributed by atoms with E-state index in [-0.39, 0.29) is 0 Å². The van der Waals surface area contributed by atoms with E-state index in [0.717, 1.165) is 17.9 Å². The van der Waals surface area contributed by atoms with Crippen molar-refractivity contribution in [3.63, 3.8) is 0 Å². The smallest absolute Gasteiger partial charge is 0.132 e. The van der Waals surface area contributed by atoms with Crippen molar-refractivity contribution in [2.45, 2.75) is 13.5 Å². The van der Waals surface area contributed by atoms with Gasteiger partial charge in [0.25, 0.3) is 0 Å². The molecule has 2 nitrogen and oxygen atoms in total. The topological polar surface area (TPSA) is 21.3 Å². The van der Waals surface area contributed by atoms with Crippen LogP contribution in [0.3, 0.4) is 0 Å². The Bertz CT molecular complexity index is 581. The number of halogens is 3. The molecule has 0 saturated heterocycles. The van der Waals surface area contributed by atoms with Gasteiger partial charge in [0.2, 0.25) is 0 Å². The molecule has 106 valence electrons. The molecule has 0 heterocycles. The van der Waals surface area contributed by atoms with Crippen LogP contribution in [0.2, 0.25) is 15.1 Å². The fraction of sp³-hybridized carbons (Fsp3) is 0.200. The average Bonchev–Trinajstić information content (AvgIpc) is 2.38. The van der Waals surface area contributed by atoms with Crippen LogP contribution >= 0.6 is 34.8 Å². The largest absolute Gasteiger partial charge is 0.457 e. The van der Waals surface area contributed by atoms with Crippen molar-refractivity contribution in [2.75, 3.05) is 6.54 Å². The van der Waals surface area contributed by atoms with E-state index in [4.69, 9.17) is 39.5 Å². The molecule has 0 atom stereocenters. The summed E-state index contributed by atoms with van der Waals surface area (Å²) in [6, 6.07) is 10.6. The third kappa shape index (κ3) is 4.29. The highest BCUT2D eigenvalue weighted by molar-refractivity contribution is 6.34. The van der Waals surface area contributed by atoms with Crippen molar-refractivity contribution >= 4 is 34.8 Å². The Morgan fingerprint density at radius 3 is 2.30 bits per heavy atom. The lowest BCUT2D eigenvalue weighted by Gasteiger charge is -2.12. The van der Waals surface area contributed by atoms with Gasteiger partial charge in [-0.1, -0.05) is 41.7 Å². The average molecular weight is 331 g/mol. The second kappa shape index (κ2) is 7.19. The summed E-state index contributed by atoms with van der Waals surface area (Å²) in [7, 11) is 0. The molecule has 5 heteroatoms. The molecular formula is C15H14Cl3NO. The van der Waals surface area contributed by atoms with Crippen LogP contribution in [0.1, 0.15) is 12.5 Å². The van der Waals surface area contributed by atoms with Crippen molar-refractivity contribution in [3.8, 4) is 11.5 Å². The first kappa shape index (κ1) is 15.5. The fourth-order valence-corrected chi connectivity index (χ4v) is 2.46. The molecule has 0 saturated carbocycles. The van der Waals surface area contributed by atoms with E-state index in [1.54, 1.807) is 24.3 Å². The zero-order valence-electron chi connectivity index (χ0n) is 10.9. The molecule has 0 bridgehead atoms. The molecule has 0 aliphatic carbocycles. The van der Waals surface area contributed by atoms with Crippen LogP contribution in [-0.2, 0) is 6.54 Å². The zero-order valence-corrected chi connectivity index (χ0v) is 13.2. The highest BCUT2D eigenvalue weighted by atomic mass is 35.5. The van der Waals surface area contributed by atoms with Gasteiger partial charge in [0, 0.05) is 27.2 Å². The van der Waals surface area contributed by atoms with Gasteiger partial charge in [-0.3, -0.25) is 0 Å². The van der Waals surface area contributed by atoms with Crippen molar-refractivity contribution in [1.82, 2.24) is 5.32 Å². The van der Waals surface area contributed by atoms with Gasteiger partial charge in [-0.2, -0.15) is 0 Å². The molecule has 2 aromatic rings. The van der Waals surface area contributed by atoms with Gasteiger partial charge in [-0.25, -0.2) is 0 Å². The summed E-state index contributed by atoms with van der Waals surface area (Å²) in [6.45, 7) is 3.59. The first-order valence-corrected chi connectivity index (χ1v) is 7.35. The molecule has 0 radical (unpaired) electrons. The summed E-state index contributed by atoms with van der Waals surface area (Å²) >= 11 is 18.0. The van der Waals surface area contributed by atoms with E-state index >= 15 is 0 Å². The first-order valence-electron chi connectivity index (χ1n) is 6.21. The molecule has 0 spiro atoms. The minimum atomic E-state index is 0.537. The maximum atomic E-state index is 6.02. The van der Waals surface area contributed by atoms with Gasteiger partial charge in [0.05, 0.1) is 0 Å². The molecule has 20 heavy (non-hydrogen) atoms. The minimum absolute atomic E-state index is 0.537. The SMILES string of the molecule is CCNCc1cc(Cl)ccc1Oc1cc(Cl)cc(Cl)c1. The molecule has 0 aromatic heterocycles. The Balaban J connectivity index is 2.27. The molecule has 0 aliphatic rings. The third-order valence-corrected chi connectivity index (χ3v) is 3.32. The molecule has 2 rings (SSSR count). The van der Waals surface area contributed by atoms with E-state index in [9.17, 15) is 0 Å². The van der Waals surface area contributed by atoms with E-state index in [1.807, 2.05) is 19.1 Å². The van der Waals surface area contributed by atoms with E-state index in [1.165, 1.54) is 0 Å². The van der Waals surface area contributed by atoms with Gasteiger partial charge in [0.1, 0.15) is 11.5 Å². The Labute approximate surface area is 133 Å². The number of benzene rings is 2. The monoisotopic (exact) mass is 329 g/mol. The van der Waals surface area contributed by atoms with Crippen LogP contribution < -0.4 is 10.1 Å². The molecule has 2 aromatic carbocycles. The molecule has 1 N–H and O–H groups in total. The lowest BCUT2D eigenvalue weighted by Crippen LogP contribution is -2.12. The number of hydrogen-bond acceptors (Lipinski definition) is 2. The molecule has 0 amide bonds. The van der Waals surface area contributed by atoms with Crippen molar-refractivity contribution in [3.05, 3.63) is 57.0 Å². The van der Waals surface area contributed by atoms with Gasteiger partial charge >= 0.3 is 0 Å². The zero-order chi connectivity index (χ0) is 14.5. The Morgan fingerprint density at radius 2 is 1.65 bits per heavy atom. The number of nitrogens with one attached hydrogen (secondary N) is 1. The fourth-order valence-electron chi connectivity index (χ4n) is 1.76. The van der Waals surface area contributed by atoms with Crippen LogP contribution in [0.4, 0.5) is 0 Å². The molecular weight excluding hydrogens is 317 g/mol. The summed E-state index contributed by atoms with van der Waals surface area (Å²) in [6.07, 6.45) is 0. The van der Waals surface area contributed by atoms with Crippen molar-refractivity contribution in [1.29, 1.82) is 0 Å². The van der Waals surface area contributed by atoms with E-state index in [0.29, 0.717) is 27.4 Å². The van der Waals surface area contributed by atoms with E-state index in [2.05, 4.69) is 5.32 Å². The maximum absolute atomic E-state index is 6.02. The van der Waals surface area contributed by atoms with Gasteiger partial charge in [-0.05, 0) is 42.9 Å². The Hall–Kier alpha value is -0.930. The third-order valence-electron chi connectivity index (χ3n) is 2.65. The van der Waals surface area contributed by atoms with Crippen LogP contribution in [0.5, 0.6) is 11.5 Å².